The van der Waals surface area contributed by atoms with Crippen molar-refractivity contribution in [2.45, 2.75) is 20.3 Å². The van der Waals surface area contributed by atoms with Crippen molar-refractivity contribution >= 4 is 21.9 Å². The van der Waals surface area contributed by atoms with Crippen LogP contribution < -0.4 is 0 Å². The molecule has 0 heterocycles. The van der Waals surface area contributed by atoms with Gasteiger partial charge in [0.2, 0.25) is 0 Å². The van der Waals surface area contributed by atoms with Gasteiger partial charge in [-0.15, -0.1) is 0 Å². The number of rotatable bonds is 4. The van der Waals surface area contributed by atoms with Gasteiger partial charge in [0.1, 0.15) is 0 Å². The fourth-order valence-corrected chi connectivity index (χ4v) is 1.96. The monoisotopic (exact) mass is 270 g/mol. The zero-order chi connectivity index (χ0) is 11.4. The van der Waals surface area contributed by atoms with E-state index in [1.165, 1.54) is 0 Å². The Morgan fingerprint density at radius 1 is 1.40 bits per heavy atom. The maximum absolute atomic E-state index is 11.0. The summed E-state index contributed by atoms with van der Waals surface area (Å²) >= 11 is 3.43. The standard InChI is InChI=1S/C12H15BrO2/c1-8(2)10(12(14)15)7-9-5-3-4-6-11(9)13/h3-6,8,10H,7H2,1-2H3,(H,14,15). The molecule has 1 aromatic rings. The van der Waals surface area contributed by atoms with E-state index < -0.39 is 5.97 Å². The Bertz CT molecular complexity index is 347. The third kappa shape index (κ3) is 3.34. The molecule has 0 aromatic heterocycles. The summed E-state index contributed by atoms with van der Waals surface area (Å²) in [6, 6.07) is 7.76. The van der Waals surface area contributed by atoms with E-state index in [-0.39, 0.29) is 11.8 Å². The molecule has 15 heavy (non-hydrogen) atoms. The molecule has 82 valence electrons. The summed E-state index contributed by atoms with van der Waals surface area (Å²) in [5.74, 6) is -0.890. The fraction of sp³-hybridized carbons (Fsp3) is 0.417. The van der Waals surface area contributed by atoms with E-state index in [4.69, 9.17) is 5.11 Å². The number of halogens is 1. The molecule has 0 radical (unpaired) electrons. The maximum Gasteiger partial charge on any atom is 0.307 e. The van der Waals surface area contributed by atoms with Crippen LogP contribution in [0.2, 0.25) is 0 Å². The van der Waals surface area contributed by atoms with Crippen LogP contribution >= 0.6 is 15.9 Å². The van der Waals surface area contributed by atoms with E-state index in [1.807, 2.05) is 38.1 Å². The Kier molecular flexibility index (Phi) is 4.33. The highest BCUT2D eigenvalue weighted by atomic mass is 79.9. The molecule has 0 spiro atoms. The first-order valence-electron chi connectivity index (χ1n) is 4.98. The Hall–Kier alpha value is -0.830. The van der Waals surface area contributed by atoms with Crippen LogP contribution in [-0.2, 0) is 11.2 Å². The van der Waals surface area contributed by atoms with Crippen molar-refractivity contribution < 1.29 is 9.90 Å². The molecule has 0 saturated heterocycles. The van der Waals surface area contributed by atoms with E-state index in [9.17, 15) is 4.79 Å². The van der Waals surface area contributed by atoms with Gasteiger partial charge in [-0.1, -0.05) is 48.0 Å². The van der Waals surface area contributed by atoms with Crippen molar-refractivity contribution in [2.24, 2.45) is 11.8 Å². The number of hydrogen-bond acceptors (Lipinski definition) is 1. The van der Waals surface area contributed by atoms with E-state index >= 15 is 0 Å². The van der Waals surface area contributed by atoms with E-state index in [0.717, 1.165) is 10.0 Å². The van der Waals surface area contributed by atoms with Crippen LogP contribution in [-0.4, -0.2) is 11.1 Å². The maximum atomic E-state index is 11.0. The summed E-state index contributed by atoms with van der Waals surface area (Å²) in [5, 5.41) is 9.08. The molecule has 1 atom stereocenters. The second kappa shape index (κ2) is 5.31. The molecule has 0 aliphatic carbocycles. The third-order valence-electron chi connectivity index (χ3n) is 2.52. The molecule has 1 aromatic carbocycles. The van der Waals surface area contributed by atoms with Crippen molar-refractivity contribution in [1.29, 1.82) is 0 Å². The summed E-state index contributed by atoms with van der Waals surface area (Å²) in [7, 11) is 0. The average molecular weight is 271 g/mol. The molecular weight excluding hydrogens is 256 g/mol. The number of carboxylic acids is 1. The molecule has 0 amide bonds. The van der Waals surface area contributed by atoms with Gasteiger partial charge in [-0.05, 0) is 24.0 Å². The summed E-state index contributed by atoms with van der Waals surface area (Å²) < 4.78 is 0.983. The fourth-order valence-electron chi connectivity index (χ4n) is 1.51. The van der Waals surface area contributed by atoms with Crippen LogP contribution in [0, 0.1) is 11.8 Å². The number of carbonyl (C=O) groups is 1. The minimum atomic E-state index is -0.722. The van der Waals surface area contributed by atoms with Crippen LogP contribution in [0.3, 0.4) is 0 Å². The molecule has 0 bridgehead atoms. The largest absolute Gasteiger partial charge is 0.481 e. The zero-order valence-electron chi connectivity index (χ0n) is 8.90. The molecule has 0 aliphatic rings. The highest BCUT2D eigenvalue weighted by Crippen LogP contribution is 2.23. The summed E-state index contributed by atoms with van der Waals surface area (Å²) in [6.45, 7) is 3.88. The van der Waals surface area contributed by atoms with Crippen LogP contribution in [0.1, 0.15) is 19.4 Å². The van der Waals surface area contributed by atoms with Gasteiger partial charge < -0.3 is 5.11 Å². The van der Waals surface area contributed by atoms with Gasteiger partial charge in [0, 0.05) is 4.47 Å². The van der Waals surface area contributed by atoms with Gasteiger partial charge in [0.15, 0.2) is 0 Å². The molecule has 1 N–H and O–H groups in total. The lowest BCUT2D eigenvalue weighted by molar-refractivity contribution is -0.143. The molecule has 0 aliphatic heterocycles. The summed E-state index contributed by atoms with van der Waals surface area (Å²) in [6.07, 6.45) is 0.578. The summed E-state index contributed by atoms with van der Waals surface area (Å²) in [5.41, 5.74) is 1.05. The predicted molar refractivity (Wildman–Crippen MR) is 63.8 cm³/mol. The van der Waals surface area contributed by atoms with E-state index in [0.29, 0.717) is 6.42 Å². The second-order valence-electron chi connectivity index (χ2n) is 3.98. The number of hydrogen-bond donors (Lipinski definition) is 1. The lowest BCUT2D eigenvalue weighted by Gasteiger charge is -2.16. The second-order valence-corrected chi connectivity index (χ2v) is 4.84. The Balaban J connectivity index is 2.84. The first-order chi connectivity index (χ1) is 7.02. The highest BCUT2D eigenvalue weighted by Gasteiger charge is 2.22. The van der Waals surface area contributed by atoms with Crippen LogP contribution in [0.4, 0.5) is 0 Å². The van der Waals surface area contributed by atoms with Crippen molar-refractivity contribution in [2.75, 3.05) is 0 Å². The topological polar surface area (TPSA) is 37.3 Å². The highest BCUT2D eigenvalue weighted by molar-refractivity contribution is 9.10. The molecule has 0 saturated carbocycles. The minimum Gasteiger partial charge on any atom is -0.481 e. The quantitative estimate of drug-likeness (QED) is 0.911. The average Bonchev–Trinajstić information content (AvgIpc) is 2.15. The van der Waals surface area contributed by atoms with Crippen LogP contribution in [0.15, 0.2) is 28.7 Å². The molecule has 3 heteroatoms. The summed E-state index contributed by atoms with van der Waals surface area (Å²) in [4.78, 5) is 11.0. The first kappa shape index (κ1) is 12.2. The van der Waals surface area contributed by atoms with Gasteiger partial charge in [-0.25, -0.2) is 0 Å². The van der Waals surface area contributed by atoms with Crippen molar-refractivity contribution in [3.05, 3.63) is 34.3 Å². The van der Waals surface area contributed by atoms with Crippen LogP contribution in [0.25, 0.3) is 0 Å². The van der Waals surface area contributed by atoms with Gasteiger partial charge in [0.25, 0.3) is 0 Å². The molecule has 1 unspecified atom stereocenters. The number of aliphatic carboxylic acids is 1. The predicted octanol–water partition coefficient (Wildman–Crippen LogP) is 3.35. The molecule has 2 nitrogen and oxygen atoms in total. The third-order valence-corrected chi connectivity index (χ3v) is 3.29. The Morgan fingerprint density at radius 3 is 2.47 bits per heavy atom. The van der Waals surface area contributed by atoms with Crippen LogP contribution in [0.5, 0.6) is 0 Å². The van der Waals surface area contributed by atoms with E-state index in [2.05, 4.69) is 15.9 Å². The van der Waals surface area contributed by atoms with Crippen molar-refractivity contribution in [3.8, 4) is 0 Å². The van der Waals surface area contributed by atoms with Crippen molar-refractivity contribution in [1.82, 2.24) is 0 Å². The van der Waals surface area contributed by atoms with Gasteiger partial charge in [0.05, 0.1) is 5.92 Å². The minimum absolute atomic E-state index is 0.148. The number of benzene rings is 1. The smallest absolute Gasteiger partial charge is 0.307 e. The van der Waals surface area contributed by atoms with E-state index in [1.54, 1.807) is 0 Å². The lowest BCUT2D eigenvalue weighted by Crippen LogP contribution is -2.22. The molecular formula is C12H15BrO2. The SMILES string of the molecule is CC(C)C(Cc1ccccc1Br)C(=O)O. The normalized spacial score (nSPS) is 12.8. The first-order valence-corrected chi connectivity index (χ1v) is 5.78. The number of carboxylic acid groups (broad SMARTS) is 1. The van der Waals surface area contributed by atoms with Crippen molar-refractivity contribution in [3.63, 3.8) is 0 Å². The van der Waals surface area contributed by atoms with Gasteiger partial charge >= 0.3 is 5.97 Å². The van der Waals surface area contributed by atoms with Gasteiger partial charge in [-0.3, -0.25) is 4.79 Å². The Morgan fingerprint density at radius 2 is 2.00 bits per heavy atom. The molecule has 0 fully saturated rings. The zero-order valence-corrected chi connectivity index (χ0v) is 10.5. The molecule has 1 rings (SSSR count). The lowest BCUT2D eigenvalue weighted by atomic mass is 9.89. The van der Waals surface area contributed by atoms with Gasteiger partial charge in [-0.2, -0.15) is 0 Å². The Labute approximate surface area is 98.4 Å².